The van der Waals surface area contributed by atoms with Crippen LogP contribution in [0.2, 0.25) is 0 Å². The van der Waals surface area contributed by atoms with Crippen LogP contribution in [0.3, 0.4) is 0 Å². The van der Waals surface area contributed by atoms with Crippen molar-refractivity contribution in [3.05, 3.63) is 0 Å². The molecule has 0 heterocycles. The molecule has 1 fully saturated rings. The smallest absolute Gasteiger partial charge is 0.233 e. The summed E-state index contributed by atoms with van der Waals surface area (Å²) in [6.07, 6.45) is 1.77. The molecule has 0 aromatic carbocycles. The fourth-order valence-electron chi connectivity index (χ4n) is 2.57. The number of nitrogens with two attached hydrogens (primary N) is 1. The molecule has 1 saturated carbocycles. The standard InChI is InChI=1S/C12H24N2O4/c1-18-11-3-2-8(7-15)4-9(11)10(16)6-14-12(17)5-13/h8-11,15-16H,2-7,13H2,1H3,(H,14,17). The van der Waals surface area contributed by atoms with Crippen molar-refractivity contribution in [2.75, 3.05) is 26.8 Å². The monoisotopic (exact) mass is 260 g/mol. The topological polar surface area (TPSA) is 105 Å². The summed E-state index contributed by atoms with van der Waals surface area (Å²) in [4.78, 5) is 11.1. The SMILES string of the molecule is COC1CCC(CO)CC1C(O)CNC(=O)CN. The summed E-state index contributed by atoms with van der Waals surface area (Å²) in [6, 6.07) is 0. The van der Waals surface area contributed by atoms with E-state index in [0.717, 1.165) is 12.8 Å². The van der Waals surface area contributed by atoms with E-state index >= 15 is 0 Å². The van der Waals surface area contributed by atoms with Crippen LogP contribution in [0.4, 0.5) is 0 Å². The maximum atomic E-state index is 11.1. The Bertz CT molecular complexity index is 262. The van der Waals surface area contributed by atoms with Crippen molar-refractivity contribution >= 4 is 5.91 Å². The lowest BCUT2D eigenvalue weighted by atomic mass is 9.77. The number of hydrogen-bond acceptors (Lipinski definition) is 5. The second kappa shape index (κ2) is 7.68. The summed E-state index contributed by atoms with van der Waals surface area (Å²) in [7, 11) is 1.63. The van der Waals surface area contributed by atoms with E-state index in [2.05, 4.69) is 5.32 Å². The summed E-state index contributed by atoms with van der Waals surface area (Å²) in [6.45, 7) is 0.234. The molecule has 1 aliphatic rings. The molecule has 6 heteroatoms. The van der Waals surface area contributed by atoms with E-state index in [4.69, 9.17) is 10.5 Å². The van der Waals surface area contributed by atoms with Crippen LogP contribution in [0.5, 0.6) is 0 Å². The molecular formula is C12H24N2O4. The highest BCUT2D eigenvalue weighted by Gasteiger charge is 2.34. The molecule has 1 aliphatic carbocycles. The quantitative estimate of drug-likeness (QED) is 0.482. The third-order valence-corrected chi connectivity index (χ3v) is 3.69. The van der Waals surface area contributed by atoms with Gasteiger partial charge in [0, 0.05) is 26.2 Å². The summed E-state index contributed by atoms with van der Waals surface area (Å²) < 4.78 is 5.37. The zero-order valence-corrected chi connectivity index (χ0v) is 10.8. The molecule has 1 rings (SSSR count). The lowest BCUT2D eigenvalue weighted by Crippen LogP contribution is -2.45. The summed E-state index contributed by atoms with van der Waals surface area (Å²) in [5.74, 6) is -0.127. The average molecular weight is 260 g/mol. The van der Waals surface area contributed by atoms with E-state index in [0.29, 0.717) is 6.42 Å². The number of methoxy groups -OCH3 is 1. The number of hydrogen-bond donors (Lipinski definition) is 4. The van der Waals surface area contributed by atoms with Gasteiger partial charge in [-0.1, -0.05) is 0 Å². The van der Waals surface area contributed by atoms with Crippen LogP contribution in [0, 0.1) is 11.8 Å². The molecule has 0 aromatic heterocycles. The number of carbonyl (C=O) groups is 1. The third kappa shape index (κ3) is 4.20. The van der Waals surface area contributed by atoms with Gasteiger partial charge < -0.3 is 26.0 Å². The minimum absolute atomic E-state index is 0.0161. The van der Waals surface area contributed by atoms with Crippen LogP contribution >= 0.6 is 0 Å². The van der Waals surface area contributed by atoms with E-state index < -0.39 is 6.10 Å². The van der Waals surface area contributed by atoms with Crippen molar-refractivity contribution in [3.8, 4) is 0 Å². The van der Waals surface area contributed by atoms with Crippen LogP contribution in [-0.4, -0.2) is 55.1 Å². The van der Waals surface area contributed by atoms with Gasteiger partial charge in [-0.15, -0.1) is 0 Å². The minimum atomic E-state index is -0.667. The molecule has 0 bridgehead atoms. The molecule has 1 amide bonds. The summed E-state index contributed by atoms with van der Waals surface area (Å²) in [5, 5.41) is 21.9. The van der Waals surface area contributed by atoms with Gasteiger partial charge in [-0.3, -0.25) is 4.79 Å². The highest BCUT2D eigenvalue weighted by molar-refractivity contribution is 5.77. The van der Waals surface area contributed by atoms with Gasteiger partial charge in [-0.05, 0) is 25.2 Å². The van der Waals surface area contributed by atoms with Crippen LogP contribution in [0.15, 0.2) is 0 Å². The van der Waals surface area contributed by atoms with Crippen molar-refractivity contribution < 1.29 is 19.7 Å². The Morgan fingerprint density at radius 3 is 2.83 bits per heavy atom. The first-order valence-corrected chi connectivity index (χ1v) is 6.40. The number of amides is 1. The molecule has 106 valence electrons. The number of ether oxygens (including phenoxy) is 1. The van der Waals surface area contributed by atoms with E-state index in [9.17, 15) is 15.0 Å². The first kappa shape index (κ1) is 15.4. The van der Waals surface area contributed by atoms with Crippen molar-refractivity contribution in [3.63, 3.8) is 0 Å². The molecule has 0 aliphatic heterocycles. The molecule has 0 saturated heterocycles. The van der Waals surface area contributed by atoms with Gasteiger partial charge in [0.15, 0.2) is 0 Å². The molecular weight excluding hydrogens is 236 g/mol. The molecule has 0 aromatic rings. The van der Waals surface area contributed by atoms with Gasteiger partial charge in [-0.25, -0.2) is 0 Å². The molecule has 6 nitrogen and oxygen atoms in total. The van der Waals surface area contributed by atoms with Gasteiger partial charge in [-0.2, -0.15) is 0 Å². The fourth-order valence-corrected chi connectivity index (χ4v) is 2.57. The Hall–Kier alpha value is -0.690. The normalized spacial score (nSPS) is 29.9. The highest BCUT2D eigenvalue weighted by atomic mass is 16.5. The number of aliphatic hydroxyl groups excluding tert-OH is 2. The lowest BCUT2D eigenvalue weighted by molar-refractivity contribution is -0.121. The van der Waals surface area contributed by atoms with Crippen LogP contribution < -0.4 is 11.1 Å². The average Bonchev–Trinajstić information content (AvgIpc) is 2.43. The Balaban J connectivity index is 2.50. The van der Waals surface area contributed by atoms with Crippen molar-refractivity contribution in [2.45, 2.75) is 31.5 Å². The van der Waals surface area contributed by atoms with E-state index in [1.807, 2.05) is 0 Å². The Kier molecular flexibility index (Phi) is 6.56. The first-order chi connectivity index (χ1) is 8.62. The maximum Gasteiger partial charge on any atom is 0.233 e. The molecule has 5 N–H and O–H groups in total. The van der Waals surface area contributed by atoms with Gasteiger partial charge in [0.05, 0.1) is 18.8 Å². The zero-order valence-electron chi connectivity index (χ0n) is 10.8. The van der Waals surface area contributed by atoms with E-state index in [-0.39, 0.29) is 43.5 Å². The Morgan fingerprint density at radius 1 is 1.56 bits per heavy atom. The fraction of sp³-hybridized carbons (Fsp3) is 0.917. The van der Waals surface area contributed by atoms with Crippen LogP contribution in [0.25, 0.3) is 0 Å². The van der Waals surface area contributed by atoms with Crippen LogP contribution in [-0.2, 0) is 9.53 Å². The maximum absolute atomic E-state index is 11.1. The number of carbonyl (C=O) groups excluding carboxylic acids is 1. The number of rotatable bonds is 6. The minimum Gasteiger partial charge on any atom is -0.396 e. The van der Waals surface area contributed by atoms with Gasteiger partial charge in [0.25, 0.3) is 0 Å². The molecule has 0 spiro atoms. The summed E-state index contributed by atoms with van der Waals surface area (Å²) in [5.41, 5.74) is 5.18. The van der Waals surface area contributed by atoms with Crippen LogP contribution in [0.1, 0.15) is 19.3 Å². The second-order valence-corrected chi connectivity index (χ2v) is 4.88. The number of nitrogens with one attached hydrogen (secondary N) is 1. The largest absolute Gasteiger partial charge is 0.396 e. The molecule has 18 heavy (non-hydrogen) atoms. The van der Waals surface area contributed by atoms with E-state index in [1.165, 1.54) is 0 Å². The second-order valence-electron chi connectivity index (χ2n) is 4.88. The summed E-state index contributed by atoms with van der Waals surface area (Å²) >= 11 is 0. The van der Waals surface area contributed by atoms with Gasteiger partial charge >= 0.3 is 0 Å². The lowest BCUT2D eigenvalue weighted by Gasteiger charge is -2.37. The Morgan fingerprint density at radius 2 is 2.28 bits per heavy atom. The Labute approximate surface area is 108 Å². The molecule has 4 unspecified atom stereocenters. The van der Waals surface area contributed by atoms with Crippen molar-refractivity contribution in [2.24, 2.45) is 17.6 Å². The number of aliphatic hydroxyl groups is 2. The molecule has 0 radical (unpaired) electrons. The van der Waals surface area contributed by atoms with Gasteiger partial charge in [0.1, 0.15) is 0 Å². The highest BCUT2D eigenvalue weighted by Crippen LogP contribution is 2.32. The van der Waals surface area contributed by atoms with Crippen molar-refractivity contribution in [1.82, 2.24) is 5.32 Å². The van der Waals surface area contributed by atoms with Crippen molar-refractivity contribution in [1.29, 1.82) is 0 Å². The zero-order chi connectivity index (χ0) is 13.5. The molecule has 4 atom stereocenters. The van der Waals surface area contributed by atoms with E-state index in [1.54, 1.807) is 7.11 Å². The predicted octanol–water partition coefficient (Wildman–Crippen LogP) is -1.15. The predicted molar refractivity (Wildman–Crippen MR) is 66.8 cm³/mol. The third-order valence-electron chi connectivity index (χ3n) is 3.69. The first-order valence-electron chi connectivity index (χ1n) is 6.40. The van der Waals surface area contributed by atoms with Gasteiger partial charge in [0.2, 0.25) is 5.91 Å².